The molecule has 0 amide bonds. The molecule has 0 N–H and O–H groups in total. The minimum Gasteiger partial charge on any atom is -0.462 e. The second-order valence-corrected chi connectivity index (χ2v) is 21.3. The lowest BCUT2D eigenvalue weighted by Gasteiger charge is -2.18. The summed E-state index contributed by atoms with van der Waals surface area (Å²) in [6, 6.07) is 0. The van der Waals surface area contributed by atoms with Gasteiger partial charge in [0, 0.05) is 19.3 Å². The lowest BCUT2D eigenvalue weighted by atomic mass is 10.0. The Morgan fingerprint density at radius 2 is 0.534 bits per heavy atom. The van der Waals surface area contributed by atoms with E-state index in [4.69, 9.17) is 14.2 Å². The molecule has 0 fully saturated rings. The Morgan fingerprint density at radius 3 is 0.836 bits per heavy atom. The van der Waals surface area contributed by atoms with Gasteiger partial charge in [-0.2, -0.15) is 0 Å². The number of unbranched alkanes of at least 4 members (excludes halogenated alkanes) is 37. The number of allylic oxidation sites excluding steroid dienone is 10. The first kappa shape index (κ1) is 70.1. The Labute approximate surface area is 453 Å². The number of hydrogen-bond donors (Lipinski definition) is 0. The number of carbonyl (C=O) groups excluding carboxylic acids is 3. The van der Waals surface area contributed by atoms with Crippen LogP contribution in [-0.2, 0) is 28.6 Å². The maximum Gasteiger partial charge on any atom is 0.306 e. The van der Waals surface area contributed by atoms with Crippen LogP contribution in [0.1, 0.15) is 329 Å². The molecule has 6 nitrogen and oxygen atoms in total. The minimum atomic E-state index is -0.778. The first-order chi connectivity index (χ1) is 36.0. The third-order valence-corrected chi connectivity index (χ3v) is 14.0. The van der Waals surface area contributed by atoms with E-state index in [2.05, 4.69) is 81.5 Å². The Kier molecular flexibility index (Phi) is 59.2. The van der Waals surface area contributed by atoms with Crippen molar-refractivity contribution in [3.05, 3.63) is 60.8 Å². The number of hydrogen-bond acceptors (Lipinski definition) is 6. The van der Waals surface area contributed by atoms with Crippen molar-refractivity contribution < 1.29 is 28.6 Å². The largest absolute Gasteiger partial charge is 0.462 e. The van der Waals surface area contributed by atoms with Gasteiger partial charge in [-0.3, -0.25) is 14.4 Å². The van der Waals surface area contributed by atoms with Crippen molar-refractivity contribution in [1.82, 2.24) is 0 Å². The molecule has 0 saturated heterocycles. The Morgan fingerprint density at radius 1 is 0.288 bits per heavy atom. The summed E-state index contributed by atoms with van der Waals surface area (Å²) in [7, 11) is 0. The summed E-state index contributed by atoms with van der Waals surface area (Å²) in [4.78, 5) is 38.3. The maximum absolute atomic E-state index is 12.9. The number of carbonyl (C=O) groups is 3. The highest BCUT2D eigenvalue weighted by Gasteiger charge is 2.19. The normalized spacial score (nSPS) is 12.4. The van der Waals surface area contributed by atoms with Gasteiger partial charge in [-0.25, -0.2) is 0 Å². The monoisotopic (exact) mass is 1020 g/mol. The number of esters is 3. The molecule has 0 aliphatic carbocycles. The summed E-state index contributed by atoms with van der Waals surface area (Å²) < 4.78 is 16.9. The summed E-state index contributed by atoms with van der Waals surface area (Å²) in [6.45, 7) is 6.55. The standard InChI is InChI=1S/C67H120O6/c1-4-7-10-13-16-19-22-25-27-29-30-31-32-33-34-35-36-38-39-42-45-48-51-54-57-60-66(69)72-63-64(62-71-65(68)59-56-53-50-47-44-41-24-21-18-15-12-9-6-3)73-67(70)61-58-55-52-49-46-43-40-37-28-26-23-20-17-14-11-8-5-2/h8,11,17,20,22,25-26,28-30,64H,4-7,9-10,12-16,18-19,21,23-24,27,31-63H2,1-3H3/b11-8-,20-17-,25-22-,28-26-,30-29-. The molecule has 0 aromatic heterocycles. The van der Waals surface area contributed by atoms with Crippen LogP contribution in [0.5, 0.6) is 0 Å². The van der Waals surface area contributed by atoms with E-state index in [0.717, 1.165) is 89.9 Å². The van der Waals surface area contributed by atoms with Crippen molar-refractivity contribution in [2.24, 2.45) is 0 Å². The van der Waals surface area contributed by atoms with E-state index in [1.54, 1.807) is 0 Å². The molecule has 0 saturated carbocycles. The van der Waals surface area contributed by atoms with Crippen LogP contribution in [0.4, 0.5) is 0 Å². The second-order valence-electron chi connectivity index (χ2n) is 21.3. The SMILES string of the molecule is CC/C=C\C/C=C\C/C=C\CCCCCCCCCC(=O)OC(COC(=O)CCCCCCCCCCCCCCC)COC(=O)CCCCCCCCCCCCCCC/C=C\C/C=C\CCCCCCC. The van der Waals surface area contributed by atoms with Crippen molar-refractivity contribution in [3.63, 3.8) is 0 Å². The zero-order valence-corrected chi connectivity index (χ0v) is 48.7. The molecule has 424 valence electrons. The fourth-order valence-corrected chi connectivity index (χ4v) is 9.25. The smallest absolute Gasteiger partial charge is 0.306 e. The lowest BCUT2D eigenvalue weighted by molar-refractivity contribution is -0.167. The van der Waals surface area contributed by atoms with E-state index in [1.165, 1.54) is 199 Å². The quantitative estimate of drug-likeness (QED) is 0.0261. The van der Waals surface area contributed by atoms with E-state index in [1.807, 2.05) is 0 Å². The van der Waals surface area contributed by atoms with Gasteiger partial charge in [-0.15, -0.1) is 0 Å². The molecule has 0 bridgehead atoms. The second kappa shape index (κ2) is 61.7. The van der Waals surface area contributed by atoms with Crippen LogP contribution >= 0.6 is 0 Å². The number of rotatable bonds is 58. The van der Waals surface area contributed by atoms with Crippen molar-refractivity contribution in [2.75, 3.05) is 13.2 Å². The average Bonchev–Trinajstić information content (AvgIpc) is 3.39. The molecular formula is C67H120O6. The van der Waals surface area contributed by atoms with Crippen LogP contribution < -0.4 is 0 Å². The van der Waals surface area contributed by atoms with Crippen molar-refractivity contribution >= 4 is 17.9 Å². The summed E-state index contributed by atoms with van der Waals surface area (Å²) in [6.07, 6.45) is 78.0. The highest BCUT2D eigenvalue weighted by molar-refractivity contribution is 5.71. The van der Waals surface area contributed by atoms with E-state index in [-0.39, 0.29) is 31.1 Å². The highest BCUT2D eigenvalue weighted by Crippen LogP contribution is 2.17. The summed E-state index contributed by atoms with van der Waals surface area (Å²) in [5.41, 5.74) is 0. The molecule has 0 aliphatic rings. The van der Waals surface area contributed by atoms with E-state index < -0.39 is 6.10 Å². The molecule has 0 heterocycles. The van der Waals surface area contributed by atoms with Crippen molar-refractivity contribution in [2.45, 2.75) is 335 Å². The van der Waals surface area contributed by atoms with Crippen molar-refractivity contribution in [1.29, 1.82) is 0 Å². The summed E-state index contributed by atoms with van der Waals surface area (Å²) in [5.74, 6) is -0.868. The first-order valence-corrected chi connectivity index (χ1v) is 31.8. The summed E-state index contributed by atoms with van der Waals surface area (Å²) in [5, 5.41) is 0. The lowest BCUT2D eigenvalue weighted by Crippen LogP contribution is -2.30. The zero-order valence-electron chi connectivity index (χ0n) is 48.7. The van der Waals surface area contributed by atoms with Gasteiger partial charge in [0.25, 0.3) is 0 Å². The fraction of sp³-hybridized carbons (Fsp3) is 0.806. The zero-order chi connectivity index (χ0) is 52.9. The van der Waals surface area contributed by atoms with Crippen LogP contribution in [0, 0.1) is 0 Å². The van der Waals surface area contributed by atoms with Crippen LogP contribution in [0.2, 0.25) is 0 Å². The van der Waals surface area contributed by atoms with Gasteiger partial charge >= 0.3 is 17.9 Å². The predicted octanol–water partition coefficient (Wildman–Crippen LogP) is 21.6. The molecule has 1 atom stereocenters. The fourth-order valence-electron chi connectivity index (χ4n) is 9.25. The topological polar surface area (TPSA) is 78.9 Å². The highest BCUT2D eigenvalue weighted by atomic mass is 16.6. The Hall–Kier alpha value is -2.89. The third kappa shape index (κ3) is 59.9. The van der Waals surface area contributed by atoms with E-state index in [9.17, 15) is 14.4 Å². The van der Waals surface area contributed by atoms with Gasteiger partial charge in [-0.1, -0.05) is 287 Å². The molecule has 0 aliphatic heterocycles. The number of ether oxygens (including phenoxy) is 3. The van der Waals surface area contributed by atoms with Crippen molar-refractivity contribution in [3.8, 4) is 0 Å². The predicted molar refractivity (Wildman–Crippen MR) is 316 cm³/mol. The third-order valence-electron chi connectivity index (χ3n) is 14.0. The van der Waals surface area contributed by atoms with Gasteiger partial charge in [-0.05, 0) is 83.5 Å². The first-order valence-electron chi connectivity index (χ1n) is 31.8. The summed E-state index contributed by atoms with van der Waals surface area (Å²) >= 11 is 0. The van der Waals surface area contributed by atoms with Crippen LogP contribution in [-0.4, -0.2) is 37.2 Å². The maximum atomic E-state index is 12.9. The van der Waals surface area contributed by atoms with Crippen LogP contribution in [0.15, 0.2) is 60.8 Å². The van der Waals surface area contributed by atoms with E-state index in [0.29, 0.717) is 19.3 Å². The Balaban J connectivity index is 4.27. The molecular weight excluding hydrogens is 901 g/mol. The molecule has 73 heavy (non-hydrogen) atoms. The molecule has 0 radical (unpaired) electrons. The van der Waals surface area contributed by atoms with Gasteiger partial charge < -0.3 is 14.2 Å². The molecule has 0 spiro atoms. The molecule has 1 unspecified atom stereocenters. The van der Waals surface area contributed by atoms with Gasteiger partial charge in [0.1, 0.15) is 13.2 Å². The molecule has 6 heteroatoms. The van der Waals surface area contributed by atoms with Gasteiger partial charge in [0.15, 0.2) is 6.10 Å². The minimum absolute atomic E-state index is 0.0749. The Bertz CT molecular complexity index is 1310. The molecule has 0 rings (SSSR count). The van der Waals surface area contributed by atoms with Crippen LogP contribution in [0.3, 0.4) is 0 Å². The van der Waals surface area contributed by atoms with Gasteiger partial charge in [0.2, 0.25) is 0 Å². The molecule has 0 aromatic rings. The van der Waals surface area contributed by atoms with Crippen LogP contribution in [0.25, 0.3) is 0 Å². The van der Waals surface area contributed by atoms with Gasteiger partial charge in [0.05, 0.1) is 0 Å². The molecule has 0 aromatic carbocycles. The van der Waals surface area contributed by atoms with E-state index >= 15 is 0 Å². The average molecular weight is 1020 g/mol.